The molecular weight excluding hydrogens is 198 g/mol. The molecule has 0 atom stereocenters. The van der Waals surface area contributed by atoms with Gasteiger partial charge in [0.25, 0.3) is 0 Å². The Morgan fingerprint density at radius 2 is 2.07 bits per heavy atom. The van der Waals surface area contributed by atoms with Crippen LogP contribution in [0.3, 0.4) is 0 Å². The van der Waals surface area contributed by atoms with Gasteiger partial charge < -0.3 is 5.73 Å². The molecule has 0 radical (unpaired) electrons. The van der Waals surface area contributed by atoms with Gasteiger partial charge >= 0.3 is 0 Å². The third-order valence-electron chi connectivity index (χ3n) is 2.85. The molecule has 1 aromatic heterocycles. The summed E-state index contributed by atoms with van der Waals surface area (Å²) in [5.74, 6) is 0.284. The SMILES string of the molecule is CC1(C)CCCc2nc(N)nc(Cl)c21. The summed E-state index contributed by atoms with van der Waals surface area (Å²) >= 11 is 6.10. The van der Waals surface area contributed by atoms with Gasteiger partial charge in [0.15, 0.2) is 0 Å². The summed E-state index contributed by atoms with van der Waals surface area (Å²) in [7, 11) is 0. The van der Waals surface area contributed by atoms with Gasteiger partial charge in [-0.1, -0.05) is 25.4 Å². The Bertz CT molecular complexity index is 374. The van der Waals surface area contributed by atoms with Gasteiger partial charge in [-0.3, -0.25) is 0 Å². The predicted octanol–water partition coefficient (Wildman–Crippen LogP) is 2.33. The van der Waals surface area contributed by atoms with E-state index in [1.165, 1.54) is 0 Å². The quantitative estimate of drug-likeness (QED) is 0.671. The molecule has 2 rings (SSSR count). The van der Waals surface area contributed by atoms with E-state index >= 15 is 0 Å². The van der Waals surface area contributed by atoms with Crippen molar-refractivity contribution in [2.24, 2.45) is 0 Å². The summed E-state index contributed by atoms with van der Waals surface area (Å²) in [6.07, 6.45) is 3.24. The van der Waals surface area contributed by atoms with E-state index in [2.05, 4.69) is 23.8 Å². The van der Waals surface area contributed by atoms with Crippen molar-refractivity contribution in [1.82, 2.24) is 9.97 Å². The lowest BCUT2D eigenvalue weighted by Crippen LogP contribution is -2.26. The highest BCUT2D eigenvalue weighted by Gasteiger charge is 2.31. The predicted molar refractivity (Wildman–Crippen MR) is 57.4 cm³/mol. The van der Waals surface area contributed by atoms with Crippen LogP contribution in [0.4, 0.5) is 5.95 Å². The minimum atomic E-state index is 0.0817. The van der Waals surface area contributed by atoms with Crippen LogP contribution in [0.5, 0.6) is 0 Å². The van der Waals surface area contributed by atoms with Gasteiger partial charge in [-0.2, -0.15) is 0 Å². The van der Waals surface area contributed by atoms with Gasteiger partial charge in [-0.15, -0.1) is 0 Å². The fourth-order valence-corrected chi connectivity index (χ4v) is 2.62. The van der Waals surface area contributed by atoms with Crippen molar-refractivity contribution in [2.75, 3.05) is 5.73 Å². The summed E-state index contributed by atoms with van der Waals surface area (Å²) in [6, 6.07) is 0. The third kappa shape index (κ3) is 1.46. The molecule has 1 aromatic rings. The van der Waals surface area contributed by atoms with Crippen LogP contribution in [0.2, 0.25) is 5.15 Å². The molecule has 0 unspecified atom stereocenters. The number of halogens is 1. The Morgan fingerprint density at radius 3 is 2.79 bits per heavy atom. The minimum absolute atomic E-state index is 0.0817. The number of rotatable bonds is 0. The highest BCUT2D eigenvalue weighted by atomic mass is 35.5. The molecule has 0 spiro atoms. The van der Waals surface area contributed by atoms with E-state index in [-0.39, 0.29) is 11.4 Å². The Kier molecular flexibility index (Phi) is 2.14. The Labute approximate surface area is 88.7 Å². The number of anilines is 1. The first kappa shape index (κ1) is 9.71. The molecule has 0 aliphatic heterocycles. The highest BCUT2D eigenvalue weighted by molar-refractivity contribution is 6.30. The molecule has 0 aromatic carbocycles. The van der Waals surface area contributed by atoms with Crippen molar-refractivity contribution in [1.29, 1.82) is 0 Å². The zero-order valence-corrected chi connectivity index (χ0v) is 9.23. The van der Waals surface area contributed by atoms with Gasteiger partial charge in [0, 0.05) is 5.56 Å². The first-order chi connectivity index (χ1) is 6.50. The number of nitrogens with two attached hydrogens (primary N) is 1. The normalized spacial score (nSPS) is 19.1. The molecule has 4 heteroatoms. The molecule has 76 valence electrons. The number of fused-ring (bicyclic) bond motifs is 1. The third-order valence-corrected chi connectivity index (χ3v) is 3.12. The smallest absolute Gasteiger partial charge is 0.221 e. The number of aryl methyl sites for hydroxylation is 1. The van der Waals surface area contributed by atoms with Gasteiger partial charge in [0.05, 0.1) is 5.69 Å². The second-order valence-electron chi connectivity index (χ2n) is 4.43. The average Bonchev–Trinajstić information content (AvgIpc) is 2.00. The molecule has 0 fully saturated rings. The van der Waals surface area contributed by atoms with E-state index in [0.717, 1.165) is 30.5 Å². The fourth-order valence-electron chi connectivity index (χ4n) is 2.17. The zero-order chi connectivity index (χ0) is 10.3. The van der Waals surface area contributed by atoms with Crippen molar-refractivity contribution < 1.29 is 0 Å². The van der Waals surface area contributed by atoms with E-state index in [1.807, 2.05) is 0 Å². The second kappa shape index (κ2) is 3.09. The van der Waals surface area contributed by atoms with Crippen LogP contribution in [0.25, 0.3) is 0 Å². The van der Waals surface area contributed by atoms with Gasteiger partial charge in [0.1, 0.15) is 5.15 Å². The first-order valence-corrected chi connectivity index (χ1v) is 5.21. The molecule has 14 heavy (non-hydrogen) atoms. The van der Waals surface area contributed by atoms with Crippen LogP contribution in [-0.2, 0) is 11.8 Å². The maximum absolute atomic E-state index is 6.10. The largest absolute Gasteiger partial charge is 0.368 e. The average molecular weight is 212 g/mol. The van der Waals surface area contributed by atoms with E-state index in [0.29, 0.717) is 5.15 Å². The molecule has 3 nitrogen and oxygen atoms in total. The Balaban J connectivity index is 2.63. The molecule has 0 bridgehead atoms. The van der Waals surface area contributed by atoms with Crippen LogP contribution in [0, 0.1) is 0 Å². The number of nitrogen functional groups attached to an aromatic ring is 1. The van der Waals surface area contributed by atoms with Gasteiger partial charge in [0.2, 0.25) is 5.95 Å². The van der Waals surface area contributed by atoms with Crippen molar-refractivity contribution in [3.05, 3.63) is 16.4 Å². The van der Waals surface area contributed by atoms with Crippen LogP contribution in [0.1, 0.15) is 37.9 Å². The maximum atomic E-state index is 6.10. The highest BCUT2D eigenvalue weighted by Crippen LogP contribution is 2.39. The molecular formula is C10H14ClN3. The van der Waals surface area contributed by atoms with Gasteiger partial charge in [-0.25, -0.2) is 9.97 Å². The van der Waals surface area contributed by atoms with Crippen molar-refractivity contribution >= 4 is 17.5 Å². The number of nitrogens with zero attached hydrogens (tertiary/aromatic N) is 2. The molecule has 1 aliphatic carbocycles. The minimum Gasteiger partial charge on any atom is -0.368 e. The lowest BCUT2D eigenvalue weighted by Gasteiger charge is -2.31. The van der Waals surface area contributed by atoms with Crippen molar-refractivity contribution in [2.45, 2.75) is 38.5 Å². The Morgan fingerprint density at radius 1 is 1.36 bits per heavy atom. The number of hydrogen-bond donors (Lipinski definition) is 1. The summed E-state index contributed by atoms with van der Waals surface area (Å²) in [5.41, 5.74) is 7.76. The van der Waals surface area contributed by atoms with E-state index in [9.17, 15) is 0 Å². The number of aromatic nitrogens is 2. The van der Waals surface area contributed by atoms with E-state index in [1.54, 1.807) is 0 Å². The van der Waals surface area contributed by atoms with Crippen LogP contribution in [0.15, 0.2) is 0 Å². The van der Waals surface area contributed by atoms with Crippen LogP contribution in [-0.4, -0.2) is 9.97 Å². The zero-order valence-electron chi connectivity index (χ0n) is 8.47. The van der Waals surface area contributed by atoms with Crippen molar-refractivity contribution in [3.8, 4) is 0 Å². The summed E-state index contributed by atoms with van der Waals surface area (Å²) < 4.78 is 0. The lowest BCUT2D eigenvalue weighted by molar-refractivity contribution is 0.425. The standard InChI is InChI=1S/C10H14ClN3/c1-10(2)5-3-4-6-7(10)8(11)14-9(12)13-6/h3-5H2,1-2H3,(H2,12,13,14). The molecule has 1 aliphatic rings. The fraction of sp³-hybridized carbons (Fsp3) is 0.600. The van der Waals surface area contributed by atoms with E-state index < -0.39 is 0 Å². The van der Waals surface area contributed by atoms with Crippen LogP contribution >= 0.6 is 11.6 Å². The van der Waals surface area contributed by atoms with Crippen LogP contribution < -0.4 is 5.73 Å². The topological polar surface area (TPSA) is 51.8 Å². The molecule has 1 heterocycles. The molecule has 0 saturated heterocycles. The number of hydrogen-bond acceptors (Lipinski definition) is 3. The monoisotopic (exact) mass is 211 g/mol. The van der Waals surface area contributed by atoms with Crippen molar-refractivity contribution in [3.63, 3.8) is 0 Å². The molecule has 0 amide bonds. The first-order valence-electron chi connectivity index (χ1n) is 4.83. The second-order valence-corrected chi connectivity index (χ2v) is 4.79. The summed E-state index contributed by atoms with van der Waals surface area (Å²) in [4.78, 5) is 8.27. The van der Waals surface area contributed by atoms with Gasteiger partial charge in [-0.05, 0) is 24.7 Å². The molecule has 0 saturated carbocycles. The molecule has 2 N–H and O–H groups in total. The maximum Gasteiger partial charge on any atom is 0.221 e. The van der Waals surface area contributed by atoms with E-state index in [4.69, 9.17) is 17.3 Å². The summed E-state index contributed by atoms with van der Waals surface area (Å²) in [6.45, 7) is 4.35. The lowest BCUT2D eigenvalue weighted by atomic mass is 9.75. The summed E-state index contributed by atoms with van der Waals surface area (Å²) in [5, 5.41) is 0.525. The Hall–Kier alpha value is -0.830.